The van der Waals surface area contributed by atoms with Gasteiger partial charge in [-0.1, -0.05) is 126 Å². The number of nitrogens with zero attached hydrogens (tertiary/aromatic N) is 2. The van der Waals surface area contributed by atoms with Gasteiger partial charge in [0.15, 0.2) is 0 Å². The maximum Gasteiger partial charge on any atom is 0.120 e. The van der Waals surface area contributed by atoms with Crippen LogP contribution in [0.15, 0.2) is 120 Å². The molecule has 0 atom stereocenters. The van der Waals surface area contributed by atoms with E-state index in [1.807, 2.05) is 36.5 Å². The van der Waals surface area contributed by atoms with E-state index in [9.17, 15) is 0 Å². The SMILES string of the molecule is CC(C)(c1ccccc1)c1ccnc(-c2[c-]cc3oc4ccccc4c3c2)c1.Cc1c[c-]c(-c2cc(C(C)C)c([Si](C)(C)C)cn2)cc1.[Ir]. The van der Waals surface area contributed by atoms with E-state index >= 15 is 0 Å². The molecule has 0 bridgehead atoms. The molecule has 49 heavy (non-hydrogen) atoms. The number of aryl methyl sites for hydroxylation is 1. The van der Waals surface area contributed by atoms with Gasteiger partial charge in [-0.15, -0.1) is 59.2 Å². The summed E-state index contributed by atoms with van der Waals surface area (Å²) in [6.07, 6.45) is 3.99. The van der Waals surface area contributed by atoms with Gasteiger partial charge < -0.3 is 14.4 Å². The Bertz CT molecular complexity index is 2180. The molecule has 251 valence electrons. The zero-order chi connectivity index (χ0) is 34.1. The minimum atomic E-state index is -1.35. The van der Waals surface area contributed by atoms with E-state index in [1.54, 1.807) is 0 Å². The van der Waals surface area contributed by atoms with Crippen LogP contribution in [0.5, 0.6) is 0 Å². The molecule has 7 rings (SSSR count). The summed E-state index contributed by atoms with van der Waals surface area (Å²) in [6.45, 7) is 18.3. The summed E-state index contributed by atoms with van der Waals surface area (Å²) in [5, 5.41) is 3.69. The third-order valence-corrected chi connectivity index (χ3v) is 11.2. The Balaban J connectivity index is 0.000000199. The van der Waals surface area contributed by atoms with Crippen molar-refractivity contribution in [3.05, 3.63) is 150 Å². The zero-order valence-electron chi connectivity index (χ0n) is 29.7. The molecule has 0 amide bonds. The molecule has 0 fully saturated rings. The van der Waals surface area contributed by atoms with Gasteiger partial charge >= 0.3 is 0 Å². The van der Waals surface area contributed by atoms with Crippen molar-refractivity contribution in [2.24, 2.45) is 0 Å². The van der Waals surface area contributed by atoms with Crippen LogP contribution in [-0.2, 0) is 25.5 Å². The molecule has 0 spiro atoms. The van der Waals surface area contributed by atoms with Crippen LogP contribution in [0.3, 0.4) is 0 Å². The molecule has 0 saturated carbocycles. The van der Waals surface area contributed by atoms with Crippen LogP contribution < -0.4 is 5.19 Å². The average molecular weight is 837 g/mol. The van der Waals surface area contributed by atoms with Gasteiger partial charge in [0.25, 0.3) is 0 Å². The van der Waals surface area contributed by atoms with Crippen molar-refractivity contribution in [2.75, 3.05) is 0 Å². The molecule has 0 saturated heterocycles. The Labute approximate surface area is 306 Å². The number of para-hydroxylation sites is 1. The second-order valence-electron chi connectivity index (χ2n) is 14.5. The van der Waals surface area contributed by atoms with Crippen LogP contribution in [0.4, 0.5) is 0 Å². The first kappa shape index (κ1) is 36.1. The fourth-order valence-corrected chi connectivity index (χ4v) is 7.87. The summed E-state index contributed by atoms with van der Waals surface area (Å²) in [4.78, 5) is 9.32. The molecule has 0 unspecified atom stereocenters. The molecule has 0 N–H and O–H groups in total. The molecule has 3 aromatic heterocycles. The zero-order valence-corrected chi connectivity index (χ0v) is 33.1. The first-order valence-corrected chi connectivity index (χ1v) is 20.3. The van der Waals surface area contributed by atoms with Gasteiger partial charge in [0.2, 0.25) is 0 Å². The smallest absolute Gasteiger partial charge is 0.120 e. The van der Waals surface area contributed by atoms with Crippen LogP contribution in [0.2, 0.25) is 19.6 Å². The predicted molar refractivity (Wildman–Crippen MR) is 205 cm³/mol. The Kier molecular flexibility index (Phi) is 10.9. The quantitative estimate of drug-likeness (QED) is 0.124. The Morgan fingerprint density at radius 1 is 0.694 bits per heavy atom. The summed E-state index contributed by atoms with van der Waals surface area (Å²) in [7, 11) is -1.35. The van der Waals surface area contributed by atoms with Crippen LogP contribution in [0, 0.1) is 19.1 Å². The third-order valence-electron chi connectivity index (χ3n) is 9.17. The summed E-state index contributed by atoms with van der Waals surface area (Å²) >= 11 is 0. The molecular formula is C44H44IrN2OSi-2. The predicted octanol–water partition coefficient (Wildman–Crippen LogP) is 11.3. The van der Waals surface area contributed by atoms with E-state index in [0.717, 1.165) is 44.5 Å². The van der Waals surface area contributed by atoms with E-state index < -0.39 is 8.07 Å². The van der Waals surface area contributed by atoms with Crippen molar-refractivity contribution in [3.63, 3.8) is 0 Å². The van der Waals surface area contributed by atoms with E-state index in [0.29, 0.717) is 5.92 Å². The molecule has 7 aromatic rings. The van der Waals surface area contributed by atoms with Crippen LogP contribution in [-0.4, -0.2) is 18.0 Å². The van der Waals surface area contributed by atoms with Crippen molar-refractivity contribution in [3.8, 4) is 22.5 Å². The molecule has 3 heterocycles. The van der Waals surface area contributed by atoms with Crippen molar-refractivity contribution in [1.29, 1.82) is 0 Å². The molecule has 0 aliphatic carbocycles. The Hall–Kier alpha value is -4.15. The summed E-state index contributed by atoms with van der Waals surface area (Å²) in [6, 6.07) is 42.2. The molecule has 4 aromatic carbocycles. The summed E-state index contributed by atoms with van der Waals surface area (Å²) in [5.41, 5.74) is 10.9. The maximum absolute atomic E-state index is 5.93. The molecule has 0 aliphatic heterocycles. The van der Waals surface area contributed by atoms with Crippen LogP contribution >= 0.6 is 0 Å². The summed E-state index contributed by atoms with van der Waals surface area (Å²) in [5.74, 6) is 0.531. The number of rotatable bonds is 6. The van der Waals surface area contributed by atoms with Gasteiger partial charge in [-0.05, 0) is 45.8 Å². The first-order valence-electron chi connectivity index (χ1n) is 16.8. The van der Waals surface area contributed by atoms with E-state index in [1.165, 1.54) is 27.4 Å². The topological polar surface area (TPSA) is 38.9 Å². The molecule has 3 nitrogen and oxygen atoms in total. The second kappa shape index (κ2) is 14.8. The monoisotopic (exact) mass is 837 g/mol. The van der Waals surface area contributed by atoms with Gasteiger partial charge in [-0.3, -0.25) is 0 Å². The molecule has 1 radical (unpaired) electrons. The van der Waals surface area contributed by atoms with Crippen molar-refractivity contribution in [2.45, 2.75) is 65.6 Å². The van der Waals surface area contributed by atoms with E-state index in [2.05, 4.69) is 150 Å². The minimum absolute atomic E-state index is 0. The Morgan fingerprint density at radius 3 is 2.08 bits per heavy atom. The summed E-state index contributed by atoms with van der Waals surface area (Å²) < 4.78 is 5.93. The van der Waals surface area contributed by atoms with Gasteiger partial charge in [0.05, 0.1) is 13.7 Å². The van der Waals surface area contributed by atoms with Gasteiger partial charge in [-0.2, -0.15) is 0 Å². The fraction of sp³-hybridized carbons (Fsp3) is 0.227. The number of hydrogen-bond acceptors (Lipinski definition) is 3. The number of aromatic nitrogens is 2. The number of fused-ring (bicyclic) bond motifs is 3. The number of pyridine rings is 2. The normalized spacial score (nSPS) is 11.7. The maximum atomic E-state index is 5.93. The van der Waals surface area contributed by atoms with Crippen molar-refractivity contribution in [1.82, 2.24) is 9.97 Å². The standard InChI is InChI=1S/C26H20NO.C18H24NSi.Ir/c1-26(2,19-8-4-3-5-9-19)20-14-15-27-23(17-20)18-12-13-25-22(16-18)21-10-6-7-11-24(21)28-25;1-13(2)16-11-17(15-9-7-14(3)8-10-15)19-12-18(16)20(4,5)6;/h3-11,13-17H,1-2H3;7-9,11-13H,1-6H3;/q2*-1;. The molecule has 5 heteroatoms. The fourth-order valence-electron chi connectivity index (χ4n) is 6.19. The van der Waals surface area contributed by atoms with Gasteiger partial charge in [0, 0.05) is 43.3 Å². The third kappa shape index (κ3) is 7.86. The van der Waals surface area contributed by atoms with Gasteiger partial charge in [0.1, 0.15) is 5.58 Å². The number of benzene rings is 4. The minimum Gasteiger partial charge on any atom is -0.500 e. The number of hydrogen-bond donors (Lipinski definition) is 0. The van der Waals surface area contributed by atoms with Gasteiger partial charge in [-0.25, -0.2) is 0 Å². The van der Waals surface area contributed by atoms with E-state index in [4.69, 9.17) is 9.40 Å². The largest absolute Gasteiger partial charge is 0.500 e. The molecule has 0 aliphatic rings. The second-order valence-corrected chi connectivity index (χ2v) is 19.5. The van der Waals surface area contributed by atoms with Crippen LogP contribution in [0.1, 0.15) is 55.9 Å². The number of furan rings is 1. The Morgan fingerprint density at radius 2 is 1.39 bits per heavy atom. The van der Waals surface area contributed by atoms with Crippen molar-refractivity contribution >= 4 is 35.2 Å². The average Bonchev–Trinajstić information content (AvgIpc) is 3.47. The first-order chi connectivity index (χ1) is 22.9. The van der Waals surface area contributed by atoms with Crippen LogP contribution in [0.25, 0.3) is 44.5 Å². The molecular weight excluding hydrogens is 793 g/mol. The van der Waals surface area contributed by atoms with Crippen molar-refractivity contribution < 1.29 is 24.5 Å². The van der Waals surface area contributed by atoms with E-state index in [-0.39, 0.29) is 25.5 Å².